The van der Waals surface area contributed by atoms with Crippen LogP contribution < -0.4 is 10.2 Å². The van der Waals surface area contributed by atoms with Crippen molar-refractivity contribution in [2.75, 3.05) is 49.6 Å². The second-order valence-electron chi connectivity index (χ2n) is 12.6. The van der Waals surface area contributed by atoms with E-state index in [2.05, 4.69) is 20.3 Å². The van der Waals surface area contributed by atoms with E-state index in [0.29, 0.717) is 73.8 Å². The van der Waals surface area contributed by atoms with Crippen molar-refractivity contribution in [1.82, 2.24) is 24.4 Å². The van der Waals surface area contributed by atoms with E-state index in [-0.39, 0.29) is 18.2 Å². The molecule has 6 rings (SSSR count). The van der Waals surface area contributed by atoms with Gasteiger partial charge in [-0.25, -0.2) is 27.9 Å². The average Bonchev–Trinajstić information content (AvgIpc) is 3.45. The molecule has 2 aliphatic heterocycles. The van der Waals surface area contributed by atoms with Crippen LogP contribution >= 0.6 is 0 Å². The summed E-state index contributed by atoms with van der Waals surface area (Å²) in [5.41, 5.74) is 0.791. The Morgan fingerprint density at radius 3 is 2.53 bits per heavy atom. The van der Waals surface area contributed by atoms with Crippen LogP contribution in [0.3, 0.4) is 0 Å². The summed E-state index contributed by atoms with van der Waals surface area (Å²) in [6.07, 6.45) is -2.28. The zero-order valence-corrected chi connectivity index (χ0v) is 26.4. The Balaban J connectivity index is 1.33. The van der Waals surface area contributed by atoms with Gasteiger partial charge in [-0.15, -0.1) is 0 Å². The van der Waals surface area contributed by atoms with Crippen molar-refractivity contribution in [3.8, 4) is 17.2 Å². The van der Waals surface area contributed by atoms with Gasteiger partial charge in [0.1, 0.15) is 17.2 Å². The molecule has 2 aromatic heterocycles. The van der Waals surface area contributed by atoms with E-state index in [0.717, 1.165) is 0 Å². The minimum Gasteiger partial charge on any atom is -0.444 e. The summed E-state index contributed by atoms with van der Waals surface area (Å²) in [6.45, 7) is 7.89. The third-order valence-electron chi connectivity index (χ3n) is 7.98. The number of fused-ring (bicyclic) bond motifs is 1. The monoisotopic (exact) mass is 651 g/mol. The maximum Gasteiger partial charge on any atom is 0.410 e. The molecule has 0 saturated carbocycles. The lowest BCUT2D eigenvalue weighted by molar-refractivity contribution is -0.121. The highest BCUT2D eigenvalue weighted by molar-refractivity contribution is 5.94. The Labute approximate surface area is 269 Å². The minimum absolute atomic E-state index is 0.0210. The van der Waals surface area contributed by atoms with Crippen molar-refractivity contribution in [3.05, 3.63) is 60.2 Å². The van der Waals surface area contributed by atoms with Crippen LogP contribution in [0.5, 0.6) is 0 Å². The molecule has 2 amide bonds. The third-order valence-corrected chi connectivity index (χ3v) is 7.98. The Kier molecular flexibility index (Phi) is 9.04. The quantitative estimate of drug-likeness (QED) is 0.271. The third kappa shape index (κ3) is 7.17. The molecule has 248 valence electrons. The number of benzene rings is 2. The molecule has 2 aromatic carbocycles. The molecule has 0 radical (unpaired) electrons. The van der Waals surface area contributed by atoms with E-state index in [1.165, 1.54) is 27.7 Å². The first-order chi connectivity index (χ1) is 22.5. The molecule has 1 atom stereocenters. The van der Waals surface area contributed by atoms with Gasteiger partial charge in [-0.2, -0.15) is 4.98 Å². The molecule has 4 aromatic rings. The number of piperidine rings is 1. The van der Waals surface area contributed by atoms with Crippen LogP contribution in [0.4, 0.5) is 29.5 Å². The standard InChI is InChI=1S/C33H36F3N7O4/c1-33(2,3)47-32(45)42-12-6-7-21(19-42)30(44)38-25-17-20(10-11-22(25)34)24-18-27(41-13-15-46-16-14-41)40-31(39-24)43-26-9-5-4-8-23(26)37-29(43)28(35)36/h4-5,8-11,17-18,21,28H,6-7,12-16,19H2,1-3H3,(H,38,44)/t21-/m1/s1. The largest absolute Gasteiger partial charge is 0.444 e. The van der Waals surface area contributed by atoms with Crippen molar-refractivity contribution in [2.24, 2.45) is 5.92 Å². The maximum absolute atomic E-state index is 15.1. The van der Waals surface area contributed by atoms with E-state index in [4.69, 9.17) is 9.47 Å². The number of likely N-dealkylation sites (tertiary alicyclic amines) is 1. The second kappa shape index (κ2) is 13.2. The summed E-state index contributed by atoms with van der Waals surface area (Å²) in [4.78, 5) is 42.9. The summed E-state index contributed by atoms with van der Waals surface area (Å²) >= 11 is 0. The molecular weight excluding hydrogens is 615 g/mol. The molecule has 2 aliphatic rings. The van der Waals surface area contributed by atoms with Gasteiger partial charge in [-0.1, -0.05) is 12.1 Å². The molecule has 0 unspecified atom stereocenters. The summed E-state index contributed by atoms with van der Waals surface area (Å²) < 4.78 is 55.9. The number of hydrogen-bond donors (Lipinski definition) is 1. The second-order valence-corrected chi connectivity index (χ2v) is 12.6. The van der Waals surface area contributed by atoms with Crippen molar-refractivity contribution in [2.45, 2.75) is 45.6 Å². The average molecular weight is 652 g/mol. The van der Waals surface area contributed by atoms with Gasteiger partial charge in [0, 0.05) is 37.8 Å². The molecule has 2 fully saturated rings. The van der Waals surface area contributed by atoms with Crippen LogP contribution in [0.15, 0.2) is 48.5 Å². The van der Waals surface area contributed by atoms with Gasteiger partial charge in [-0.3, -0.25) is 9.36 Å². The smallest absolute Gasteiger partial charge is 0.410 e. The first-order valence-corrected chi connectivity index (χ1v) is 15.5. The minimum atomic E-state index is -2.90. The number of anilines is 2. The highest BCUT2D eigenvalue weighted by atomic mass is 19.3. The predicted molar refractivity (Wildman–Crippen MR) is 169 cm³/mol. The van der Waals surface area contributed by atoms with Crippen LogP contribution in [0.2, 0.25) is 0 Å². The van der Waals surface area contributed by atoms with Crippen LogP contribution in [0.1, 0.15) is 45.9 Å². The number of carbonyl (C=O) groups is 2. The number of morpholine rings is 1. The first kappa shape index (κ1) is 32.2. The van der Waals surface area contributed by atoms with Gasteiger partial charge in [0.25, 0.3) is 6.43 Å². The Hall–Kier alpha value is -4.72. The maximum atomic E-state index is 15.1. The van der Waals surface area contributed by atoms with E-state index < -0.39 is 41.6 Å². The van der Waals surface area contributed by atoms with Gasteiger partial charge in [-0.05, 0) is 63.9 Å². The lowest BCUT2D eigenvalue weighted by Crippen LogP contribution is -2.45. The fraction of sp³-hybridized carbons (Fsp3) is 0.424. The van der Waals surface area contributed by atoms with Crippen molar-refractivity contribution >= 4 is 34.5 Å². The molecule has 4 heterocycles. The molecule has 0 bridgehead atoms. The van der Waals surface area contributed by atoms with Gasteiger partial charge in [0.05, 0.1) is 41.5 Å². The van der Waals surface area contributed by atoms with Gasteiger partial charge in [0.15, 0.2) is 5.82 Å². The molecule has 11 nitrogen and oxygen atoms in total. The van der Waals surface area contributed by atoms with Crippen LogP contribution in [0, 0.1) is 11.7 Å². The van der Waals surface area contributed by atoms with Crippen LogP contribution in [-0.2, 0) is 14.3 Å². The summed E-state index contributed by atoms with van der Waals surface area (Å²) in [5.74, 6) is -1.71. The molecule has 2 saturated heterocycles. The van der Waals surface area contributed by atoms with Crippen LogP contribution in [0.25, 0.3) is 28.2 Å². The number of nitrogens with one attached hydrogen (secondary N) is 1. The molecule has 47 heavy (non-hydrogen) atoms. The number of imidazole rings is 1. The molecule has 14 heteroatoms. The van der Waals surface area contributed by atoms with E-state index in [9.17, 15) is 18.4 Å². The number of hydrogen-bond acceptors (Lipinski definition) is 8. The fourth-order valence-electron chi connectivity index (χ4n) is 5.72. The predicted octanol–water partition coefficient (Wildman–Crippen LogP) is 5.98. The molecule has 0 aliphatic carbocycles. The number of nitrogens with zero attached hydrogens (tertiary/aromatic N) is 6. The number of amides is 2. The molecule has 1 N–H and O–H groups in total. The van der Waals surface area contributed by atoms with E-state index >= 15 is 4.39 Å². The Morgan fingerprint density at radius 1 is 1.02 bits per heavy atom. The summed E-state index contributed by atoms with van der Waals surface area (Å²) in [7, 11) is 0. The first-order valence-electron chi connectivity index (χ1n) is 15.5. The number of carbonyl (C=O) groups excluding carboxylic acids is 2. The normalized spacial score (nSPS) is 17.3. The number of para-hydroxylation sites is 2. The zero-order valence-electron chi connectivity index (χ0n) is 26.4. The SMILES string of the molecule is CC(C)(C)OC(=O)N1CCC[C@@H](C(=O)Nc2cc(-c3cc(N4CCOCC4)nc(-n4c(C(F)F)nc5ccccc54)n3)ccc2F)C1. The van der Waals surface area contributed by atoms with Crippen LogP contribution in [-0.4, -0.2) is 81.4 Å². The van der Waals surface area contributed by atoms with E-state index in [1.807, 2.05) is 4.90 Å². The highest BCUT2D eigenvalue weighted by Gasteiger charge is 2.32. The topological polar surface area (TPSA) is 115 Å². The number of halogens is 3. The lowest BCUT2D eigenvalue weighted by Gasteiger charge is -2.33. The molecule has 0 spiro atoms. The Morgan fingerprint density at radius 2 is 1.79 bits per heavy atom. The van der Waals surface area contributed by atoms with Gasteiger partial charge < -0.3 is 24.6 Å². The fourth-order valence-corrected chi connectivity index (χ4v) is 5.72. The number of alkyl halides is 2. The lowest BCUT2D eigenvalue weighted by atomic mass is 9.97. The summed E-state index contributed by atoms with van der Waals surface area (Å²) in [6, 6.07) is 12.6. The molecular formula is C33H36F3N7O4. The number of rotatable bonds is 6. The van der Waals surface area contributed by atoms with Crippen molar-refractivity contribution in [3.63, 3.8) is 0 Å². The highest BCUT2D eigenvalue weighted by Crippen LogP contribution is 2.32. The Bertz CT molecular complexity index is 1790. The van der Waals surface area contributed by atoms with Crippen molar-refractivity contribution < 1.29 is 32.2 Å². The number of ether oxygens (including phenoxy) is 2. The van der Waals surface area contributed by atoms with Gasteiger partial charge >= 0.3 is 6.09 Å². The zero-order chi connectivity index (χ0) is 33.3. The van der Waals surface area contributed by atoms with Gasteiger partial charge in [0.2, 0.25) is 11.9 Å². The van der Waals surface area contributed by atoms with E-state index in [1.54, 1.807) is 51.1 Å². The summed E-state index contributed by atoms with van der Waals surface area (Å²) in [5, 5.41) is 2.69. The number of aromatic nitrogens is 4. The van der Waals surface area contributed by atoms with Crippen molar-refractivity contribution in [1.29, 1.82) is 0 Å².